The molecule has 2 heterocycles. The number of benzene rings is 3. The average molecular weight is 504 g/mol. The summed E-state index contributed by atoms with van der Waals surface area (Å²) in [5, 5.41) is 10.1. The second kappa shape index (κ2) is 8.88. The zero-order valence-corrected chi connectivity index (χ0v) is 20.2. The molecule has 0 bridgehead atoms. The van der Waals surface area contributed by atoms with Crippen LogP contribution in [-0.4, -0.2) is 17.8 Å². The predicted octanol–water partition coefficient (Wildman–Crippen LogP) is 7.25. The second-order valence-electron chi connectivity index (χ2n) is 7.77. The number of aryl methyl sites for hydroxylation is 1. The van der Waals surface area contributed by atoms with E-state index in [-0.39, 0.29) is 6.04 Å². The monoisotopic (exact) mass is 503 g/mol. The lowest BCUT2D eigenvalue weighted by Crippen LogP contribution is -2.18. The Hall–Kier alpha value is -2.96. The van der Waals surface area contributed by atoms with Crippen LogP contribution in [0.25, 0.3) is 11.3 Å². The van der Waals surface area contributed by atoms with Gasteiger partial charge in [0.25, 0.3) is 0 Å². The number of hydrogen-bond acceptors (Lipinski definition) is 5. The van der Waals surface area contributed by atoms with Crippen LogP contribution in [0.4, 0.5) is 5.13 Å². The maximum atomic E-state index is 5.31. The van der Waals surface area contributed by atoms with Crippen molar-refractivity contribution in [3.05, 3.63) is 99.3 Å². The number of hydrazone groups is 1. The largest absolute Gasteiger partial charge is 0.497 e. The number of rotatable bonds is 5. The van der Waals surface area contributed by atoms with Crippen molar-refractivity contribution in [3.8, 4) is 17.0 Å². The molecule has 4 nitrogen and oxygen atoms in total. The van der Waals surface area contributed by atoms with Crippen molar-refractivity contribution in [2.45, 2.75) is 19.4 Å². The Balaban J connectivity index is 1.51. The highest BCUT2D eigenvalue weighted by atomic mass is 79.9. The Bertz CT molecular complexity index is 1250. The standard InChI is InChI=1S/C26H22BrN3OS/c1-17-3-5-20(6-4-17)25-15-23(18-9-13-22(31-2)14-10-18)29-30(25)26-28-24(16-32-26)19-7-11-21(27)12-8-19/h3-14,16,25H,15H2,1-2H3. The van der Waals surface area contributed by atoms with Crippen LogP contribution in [-0.2, 0) is 0 Å². The third-order valence-corrected chi connectivity index (χ3v) is 6.98. The van der Waals surface area contributed by atoms with E-state index in [2.05, 4.69) is 81.8 Å². The van der Waals surface area contributed by atoms with Crippen LogP contribution in [0.5, 0.6) is 5.75 Å². The fourth-order valence-electron chi connectivity index (χ4n) is 3.82. The summed E-state index contributed by atoms with van der Waals surface area (Å²) in [7, 11) is 1.68. The third kappa shape index (κ3) is 4.20. The first-order valence-corrected chi connectivity index (χ1v) is 12.1. The van der Waals surface area contributed by atoms with E-state index >= 15 is 0 Å². The molecule has 3 aromatic carbocycles. The van der Waals surface area contributed by atoms with Gasteiger partial charge in [0.15, 0.2) is 0 Å². The molecule has 4 aromatic rings. The zero-order valence-electron chi connectivity index (χ0n) is 17.8. The smallest absolute Gasteiger partial charge is 0.207 e. The van der Waals surface area contributed by atoms with Gasteiger partial charge in [-0.25, -0.2) is 9.99 Å². The van der Waals surface area contributed by atoms with Crippen LogP contribution in [0.3, 0.4) is 0 Å². The highest BCUT2D eigenvalue weighted by molar-refractivity contribution is 9.10. The molecule has 0 fully saturated rings. The van der Waals surface area contributed by atoms with Crippen molar-refractivity contribution in [2.75, 3.05) is 12.1 Å². The minimum absolute atomic E-state index is 0.108. The number of aromatic nitrogens is 1. The van der Waals surface area contributed by atoms with Crippen molar-refractivity contribution in [1.82, 2.24) is 4.98 Å². The maximum Gasteiger partial charge on any atom is 0.207 e. The van der Waals surface area contributed by atoms with Crippen molar-refractivity contribution in [2.24, 2.45) is 5.10 Å². The van der Waals surface area contributed by atoms with Gasteiger partial charge in [-0.1, -0.05) is 57.9 Å². The number of anilines is 1. The van der Waals surface area contributed by atoms with E-state index < -0.39 is 0 Å². The van der Waals surface area contributed by atoms with Crippen molar-refractivity contribution in [3.63, 3.8) is 0 Å². The van der Waals surface area contributed by atoms with Gasteiger partial charge in [0.1, 0.15) is 5.75 Å². The number of ether oxygens (including phenoxy) is 1. The zero-order chi connectivity index (χ0) is 22.1. The summed E-state index contributed by atoms with van der Waals surface area (Å²) < 4.78 is 6.37. The molecule has 6 heteroatoms. The number of thiazole rings is 1. The molecule has 0 saturated heterocycles. The first-order chi connectivity index (χ1) is 15.6. The van der Waals surface area contributed by atoms with Gasteiger partial charge in [-0.05, 0) is 54.4 Å². The molecule has 0 spiro atoms. The fraction of sp³-hybridized carbons (Fsp3) is 0.154. The highest BCUT2D eigenvalue weighted by Gasteiger charge is 2.31. The second-order valence-corrected chi connectivity index (χ2v) is 9.52. The van der Waals surface area contributed by atoms with Gasteiger partial charge in [0, 0.05) is 21.8 Å². The van der Waals surface area contributed by atoms with E-state index in [1.54, 1.807) is 18.4 Å². The molecule has 1 unspecified atom stereocenters. The lowest BCUT2D eigenvalue weighted by molar-refractivity contribution is 0.415. The molecular formula is C26H22BrN3OS. The maximum absolute atomic E-state index is 5.31. The molecule has 32 heavy (non-hydrogen) atoms. The Kier molecular flexibility index (Phi) is 5.81. The minimum Gasteiger partial charge on any atom is -0.497 e. The normalized spacial score (nSPS) is 15.7. The molecule has 5 rings (SSSR count). The molecule has 1 atom stereocenters. The Labute approximate surface area is 200 Å². The summed E-state index contributed by atoms with van der Waals surface area (Å²) in [5.74, 6) is 0.846. The molecule has 1 aromatic heterocycles. The molecule has 0 amide bonds. The van der Waals surface area contributed by atoms with Crippen LogP contribution in [0, 0.1) is 6.92 Å². The van der Waals surface area contributed by atoms with Crippen LogP contribution < -0.4 is 9.75 Å². The SMILES string of the molecule is COc1ccc(C2=NN(c3nc(-c4ccc(Br)cc4)cs3)C(c3ccc(C)cc3)C2)cc1. The molecular weight excluding hydrogens is 482 g/mol. The number of hydrogen-bond donors (Lipinski definition) is 0. The molecule has 160 valence electrons. The molecule has 0 saturated carbocycles. The Morgan fingerprint density at radius 1 is 0.938 bits per heavy atom. The first kappa shape index (κ1) is 20.9. The first-order valence-electron chi connectivity index (χ1n) is 10.4. The Morgan fingerprint density at radius 3 is 2.31 bits per heavy atom. The summed E-state index contributed by atoms with van der Waals surface area (Å²) in [6, 6.07) is 25.2. The minimum atomic E-state index is 0.108. The lowest BCUT2D eigenvalue weighted by Gasteiger charge is -2.21. The average Bonchev–Trinajstić information content (AvgIpc) is 3.48. The molecule has 0 N–H and O–H groups in total. The van der Waals surface area contributed by atoms with Crippen LogP contribution in [0.2, 0.25) is 0 Å². The van der Waals surface area contributed by atoms with Gasteiger partial charge >= 0.3 is 0 Å². The van der Waals surface area contributed by atoms with Gasteiger partial charge in [-0.2, -0.15) is 5.10 Å². The van der Waals surface area contributed by atoms with E-state index in [1.165, 1.54) is 11.1 Å². The fourth-order valence-corrected chi connectivity index (χ4v) is 4.91. The molecule has 0 aliphatic carbocycles. The van der Waals surface area contributed by atoms with Gasteiger partial charge in [-0.15, -0.1) is 11.3 Å². The number of nitrogens with zero attached hydrogens (tertiary/aromatic N) is 3. The number of methoxy groups -OCH3 is 1. The predicted molar refractivity (Wildman–Crippen MR) is 136 cm³/mol. The Morgan fingerprint density at radius 2 is 1.62 bits per heavy atom. The molecule has 0 radical (unpaired) electrons. The third-order valence-electron chi connectivity index (χ3n) is 5.62. The van der Waals surface area contributed by atoms with Gasteiger partial charge in [-0.3, -0.25) is 0 Å². The van der Waals surface area contributed by atoms with E-state index in [1.807, 2.05) is 24.3 Å². The molecule has 1 aliphatic rings. The van der Waals surface area contributed by atoms with Crippen LogP contribution in [0.1, 0.15) is 29.2 Å². The van der Waals surface area contributed by atoms with E-state index in [0.29, 0.717) is 0 Å². The van der Waals surface area contributed by atoms with Crippen LogP contribution >= 0.6 is 27.3 Å². The summed E-state index contributed by atoms with van der Waals surface area (Å²) in [5.41, 5.74) is 6.72. The lowest BCUT2D eigenvalue weighted by atomic mass is 9.98. The van der Waals surface area contributed by atoms with Crippen molar-refractivity contribution < 1.29 is 4.74 Å². The van der Waals surface area contributed by atoms with Gasteiger partial charge < -0.3 is 4.74 Å². The van der Waals surface area contributed by atoms with E-state index in [0.717, 1.165) is 44.3 Å². The van der Waals surface area contributed by atoms with E-state index in [4.69, 9.17) is 14.8 Å². The summed E-state index contributed by atoms with van der Waals surface area (Å²) in [6.45, 7) is 2.11. The molecule has 1 aliphatic heterocycles. The topological polar surface area (TPSA) is 37.7 Å². The summed E-state index contributed by atoms with van der Waals surface area (Å²) in [4.78, 5) is 4.94. The van der Waals surface area contributed by atoms with Gasteiger partial charge in [0.2, 0.25) is 5.13 Å². The quantitative estimate of drug-likeness (QED) is 0.287. The van der Waals surface area contributed by atoms with Crippen LogP contribution in [0.15, 0.2) is 87.8 Å². The highest BCUT2D eigenvalue weighted by Crippen LogP contribution is 2.39. The van der Waals surface area contributed by atoms with Gasteiger partial charge in [0.05, 0.1) is 24.6 Å². The van der Waals surface area contributed by atoms with Crippen molar-refractivity contribution in [1.29, 1.82) is 0 Å². The van der Waals surface area contributed by atoms with E-state index in [9.17, 15) is 0 Å². The van der Waals surface area contributed by atoms with Crippen molar-refractivity contribution >= 4 is 38.1 Å². The summed E-state index contributed by atoms with van der Waals surface area (Å²) >= 11 is 5.13. The number of halogens is 1. The summed E-state index contributed by atoms with van der Waals surface area (Å²) in [6.07, 6.45) is 0.822.